The third-order valence-electron chi connectivity index (χ3n) is 4.41. The number of esters is 1. The van der Waals surface area contributed by atoms with E-state index in [-0.39, 0.29) is 13.0 Å². The monoisotopic (exact) mass is 401 g/mol. The number of hydrogen-bond donors (Lipinski definition) is 1. The van der Waals surface area contributed by atoms with Gasteiger partial charge in [-0.1, -0.05) is 58.3 Å². The van der Waals surface area contributed by atoms with Gasteiger partial charge in [-0.3, -0.25) is 9.59 Å². The number of amides is 1. The van der Waals surface area contributed by atoms with E-state index < -0.39 is 34.9 Å². The maximum Gasteiger partial charge on any atom is 0.307 e. The zero-order chi connectivity index (χ0) is 20.8. The molecule has 1 amide bonds. The van der Waals surface area contributed by atoms with Gasteiger partial charge in [-0.15, -0.1) is 0 Å². The van der Waals surface area contributed by atoms with Crippen molar-refractivity contribution in [3.8, 4) is 0 Å². The van der Waals surface area contributed by atoms with Gasteiger partial charge in [-0.2, -0.15) is 0 Å². The van der Waals surface area contributed by atoms with Crippen LogP contribution in [-0.4, -0.2) is 25.0 Å². The highest BCUT2D eigenvalue weighted by molar-refractivity contribution is 5.94. The van der Waals surface area contributed by atoms with Crippen molar-refractivity contribution in [1.29, 1.82) is 0 Å². The number of rotatable bonds is 14. The van der Waals surface area contributed by atoms with Crippen LogP contribution in [0.4, 0.5) is 13.2 Å². The van der Waals surface area contributed by atoms with Gasteiger partial charge in [0.05, 0.1) is 18.6 Å². The van der Waals surface area contributed by atoms with Gasteiger partial charge < -0.3 is 10.1 Å². The Morgan fingerprint density at radius 3 is 2.14 bits per heavy atom. The average Bonchev–Trinajstić information content (AvgIpc) is 2.67. The predicted octanol–water partition coefficient (Wildman–Crippen LogP) is 5.30. The van der Waals surface area contributed by atoms with E-state index in [9.17, 15) is 22.8 Å². The first kappa shape index (κ1) is 24.0. The average molecular weight is 401 g/mol. The van der Waals surface area contributed by atoms with Crippen LogP contribution >= 0.6 is 0 Å². The largest absolute Gasteiger partial charge is 0.466 e. The molecule has 0 unspecified atom stereocenters. The third-order valence-corrected chi connectivity index (χ3v) is 4.41. The molecule has 0 spiro atoms. The zero-order valence-corrected chi connectivity index (χ0v) is 16.5. The van der Waals surface area contributed by atoms with Gasteiger partial charge in [0.2, 0.25) is 0 Å². The fraction of sp³-hybridized carbons (Fsp3) is 0.619. The lowest BCUT2D eigenvalue weighted by Crippen LogP contribution is -2.27. The number of benzene rings is 1. The van der Waals surface area contributed by atoms with Crippen LogP contribution in [0.25, 0.3) is 0 Å². The number of nitrogens with one attached hydrogen (secondary N) is 1. The molecule has 0 radical (unpaired) electrons. The van der Waals surface area contributed by atoms with E-state index in [1.54, 1.807) is 0 Å². The first-order valence-corrected chi connectivity index (χ1v) is 10.0. The predicted molar refractivity (Wildman–Crippen MR) is 101 cm³/mol. The normalized spacial score (nSPS) is 10.7. The molecule has 7 heteroatoms. The molecule has 0 saturated heterocycles. The minimum Gasteiger partial charge on any atom is -0.466 e. The zero-order valence-electron chi connectivity index (χ0n) is 16.5. The molecular formula is C21H30F3NO3. The molecule has 1 rings (SSSR count). The van der Waals surface area contributed by atoms with E-state index in [2.05, 4.69) is 12.2 Å². The molecule has 0 saturated carbocycles. The quantitative estimate of drug-likeness (QED) is 0.262. The Labute approximate surface area is 164 Å². The first-order valence-electron chi connectivity index (χ1n) is 10.0. The van der Waals surface area contributed by atoms with Crippen LogP contribution in [0, 0.1) is 17.5 Å². The van der Waals surface area contributed by atoms with E-state index in [4.69, 9.17) is 4.74 Å². The smallest absolute Gasteiger partial charge is 0.307 e. The highest BCUT2D eigenvalue weighted by Crippen LogP contribution is 2.15. The van der Waals surface area contributed by atoms with E-state index in [0.717, 1.165) is 25.3 Å². The summed E-state index contributed by atoms with van der Waals surface area (Å²) in [5.74, 6) is -6.00. The fourth-order valence-corrected chi connectivity index (χ4v) is 2.75. The third kappa shape index (κ3) is 9.24. The Balaban J connectivity index is 2.08. The molecular weight excluding hydrogens is 371 g/mol. The van der Waals surface area contributed by atoms with Gasteiger partial charge >= 0.3 is 5.97 Å². The topological polar surface area (TPSA) is 55.4 Å². The lowest BCUT2D eigenvalue weighted by atomic mass is 10.1. The molecule has 0 fully saturated rings. The number of unbranched alkanes of at least 4 members (excludes halogenated alkanes) is 8. The highest BCUT2D eigenvalue weighted by Gasteiger charge is 2.18. The molecule has 0 aliphatic rings. The van der Waals surface area contributed by atoms with Gasteiger partial charge in [-0.05, 0) is 18.6 Å². The van der Waals surface area contributed by atoms with Crippen molar-refractivity contribution in [1.82, 2.24) is 5.32 Å². The molecule has 28 heavy (non-hydrogen) atoms. The molecule has 0 heterocycles. The molecule has 0 aliphatic carbocycles. The van der Waals surface area contributed by atoms with Crippen LogP contribution in [0.3, 0.4) is 0 Å². The number of hydrogen-bond acceptors (Lipinski definition) is 3. The maximum absolute atomic E-state index is 13.5. The van der Waals surface area contributed by atoms with Crippen molar-refractivity contribution in [3.63, 3.8) is 0 Å². The minimum atomic E-state index is -1.70. The van der Waals surface area contributed by atoms with Gasteiger partial charge in [-0.25, -0.2) is 13.2 Å². The van der Waals surface area contributed by atoms with E-state index in [1.807, 2.05) is 0 Å². The summed E-state index contributed by atoms with van der Waals surface area (Å²) in [5, 5.41) is 2.29. The van der Waals surface area contributed by atoms with Gasteiger partial charge in [0, 0.05) is 6.54 Å². The molecule has 0 aromatic heterocycles. The number of halogens is 3. The standard InChI is InChI=1S/C21H30F3NO3/c1-2-3-4-5-6-7-8-9-10-15-28-18(26)13-14-25-21(27)16-11-12-17(22)20(24)19(16)23/h11-12H,2-10,13-15H2,1H3,(H,25,27). The Morgan fingerprint density at radius 2 is 1.50 bits per heavy atom. The fourth-order valence-electron chi connectivity index (χ4n) is 2.75. The van der Waals surface area contributed by atoms with Crippen LogP contribution in [-0.2, 0) is 9.53 Å². The molecule has 4 nitrogen and oxygen atoms in total. The molecule has 0 aliphatic heterocycles. The summed E-state index contributed by atoms with van der Waals surface area (Å²) in [6.45, 7) is 2.45. The van der Waals surface area contributed by atoms with Crippen molar-refractivity contribution in [3.05, 3.63) is 35.1 Å². The Morgan fingerprint density at radius 1 is 0.893 bits per heavy atom. The second-order valence-corrected chi connectivity index (χ2v) is 6.78. The Bertz CT molecular complexity index is 623. The van der Waals surface area contributed by atoms with Crippen LogP contribution in [0.15, 0.2) is 12.1 Å². The number of ether oxygens (including phenoxy) is 1. The molecule has 158 valence electrons. The Kier molecular flexibility index (Phi) is 12.0. The van der Waals surface area contributed by atoms with Crippen LogP contribution in [0.1, 0.15) is 81.5 Å². The molecule has 0 bridgehead atoms. The lowest BCUT2D eigenvalue weighted by Gasteiger charge is -2.08. The maximum atomic E-state index is 13.5. The van der Waals surface area contributed by atoms with Crippen LogP contribution in [0.2, 0.25) is 0 Å². The van der Waals surface area contributed by atoms with Gasteiger partial charge in [0.1, 0.15) is 0 Å². The van der Waals surface area contributed by atoms with E-state index >= 15 is 0 Å². The first-order chi connectivity index (χ1) is 13.5. The Hall–Kier alpha value is -2.05. The van der Waals surface area contributed by atoms with Crippen molar-refractivity contribution < 1.29 is 27.5 Å². The minimum absolute atomic E-state index is 0.0749. The van der Waals surface area contributed by atoms with Crippen molar-refractivity contribution in [2.75, 3.05) is 13.2 Å². The summed E-state index contributed by atoms with van der Waals surface area (Å²) >= 11 is 0. The summed E-state index contributed by atoms with van der Waals surface area (Å²) in [6.07, 6.45) is 10.4. The number of carbonyl (C=O) groups is 2. The summed E-state index contributed by atoms with van der Waals surface area (Å²) < 4.78 is 44.5. The van der Waals surface area contributed by atoms with Crippen molar-refractivity contribution in [2.45, 2.75) is 71.1 Å². The summed E-state index contributed by atoms with van der Waals surface area (Å²) in [4.78, 5) is 23.4. The molecule has 1 aromatic carbocycles. The summed E-state index contributed by atoms with van der Waals surface area (Å²) in [7, 11) is 0. The van der Waals surface area contributed by atoms with Crippen molar-refractivity contribution in [2.24, 2.45) is 0 Å². The van der Waals surface area contributed by atoms with Crippen molar-refractivity contribution >= 4 is 11.9 Å². The summed E-state index contributed by atoms with van der Waals surface area (Å²) in [5.41, 5.74) is -0.609. The number of carbonyl (C=O) groups excluding carboxylic acids is 2. The molecule has 0 atom stereocenters. The van der Waals surface area contributed by atoms with Gasteiger partial charge in [0.25, 0.3) is 5.91 Å². The lowest BCUT2D eigenvalue weighted by molar-refractivity contribution is -0.143. The molecule has 1 aromatic rings. The summed E-state index contributed by atoms with van der Waals surface area (Å²) in [6, 6.07) is 1.53. The highest BCUT2D eigenvalue weighted by atomic mass is 19.2. The second kappa shape index (κ2) is 14.0. The van der Waals surface area contributed by atoms with E-state index in [1.165, 1.54) is 38.5 Å². The SMILES string of the molecule is CCCCCCCCCCCOC(=O)CCNC(=O)c1ccc(F)c(F)c1F. The second-order valence-electron chi connectivity index (χ2n) is 6.78. The van der Waals surface area contributed by atoms with Gasteiger partial charge in [0.15, 0.2) is 17.5 Å². The molecule has 1 N–H and O–H groups in total. The van der Waals surface area contributed by atoms with E-state index in [0.29, 0.717) is 12.7 Å². The van der Waals surface area contributed by atoms with Crippen LogP contribution in [0.5, 0.6) is 0 Å². The van der Waals surface area contributed by atoms with Crippen LogP contribution < -0.4 is 5.32 Å².